The maximum Gasteiger partial charge on any atom is 0.264 e. The summed E-state index contributed by atoms with van der Waals surface area (Å²) >= 11 is 0. The van der Waals surface area contributed by atoms with E-state index in [1.165, 1.54) is 24.8 Å². The van der Waals surface area contributed by atoms with Gasteiger partial charge in [0.1, 0.15) is 5.54 Å². The van der Waals surface area contributed by atoms with Crippen LogP contribution in [0.1, 0.15) is 61.3 Å². The third-order valence-electron chi connectivity index (χ3n) is 7.23. The van der Waals surface area contributed by atoms with Gasteiger partial charge in [0.05, 0.1) is 5.71 Å². The minimum Gasteiger partial charge on any atom is -0.294 e. The summed E-state index contributed by atoms with van der Waals surface area (Å²) in [4.78, 5) is 13.8. The molecular weight excluding hydrogens is 406 g/mol. The lowest BCUT2D eigenvalue weighted by molar-refractivity contribution is -0.129. The largest absolute Gasteiger partial charge is 0.294 e. The number of carbonyl (C=O) groups is 1. The van der Waals surface area contributed by atoms with Crippen LogP contribution in [0.4, 0.5) is 0 Å². The van der Waals surface area contributed by atoms with Gasteiger partial charge in [-0.3, -0.25) is 10.1 Å². The lowest BCUT2D eigenvalue weighted by Crippen LogP contribution is -2.65. The van der Waals surface area contributed by atoms with Crippen molar-refractivity contribution in [3.8, 4) is 0 Å². The molecule has 1 saturated carbocycles. The third-order valence-corrected chi connectivity index (χ3v) is 7.23. The van der Waals surface area contributed by atoms with Crippen molar-refractivity contribution in [2.45, 2.75) is 56.5 Å². The van der Waals surface area contributed by atoms with Crippen molar-refractivity contribution < 1.29 is 4.79 Å². The summed E-state index contributed by atoms with van der Waals surface area (Å²) in [5.74, 6) is -0.121. The maximum atomic E-state index is 13.8. The molecule has 4 nitrogen and oxygen atoms in total. The molecule has 1 aliphatic heterocycles. The monoisotopic (exact) mass is 437 g/mol. The van der Waals surface area contributed by atoms with Crippen LogP contribution in [-0.2, 0) is 16.8 Å². The summed E-state index contributed by atoms with van der Waals surface area (Å²) < 4.78 is 0. The second-order valence-electron chi connectivity index (χ2n) is 9.56. The van der Waals surface area contributed by atoms with Gasteiger partial charge in [-0.2, -0.15) is 5.10 Å². The molecule has 2 N–H and O–H groups in total. The van der Waals surface area contributed by atoms with Gasteiger partial charge in [0.25, 0.3) is 5.91 Å². The molecule has 3 aromatic rings. The third kappa shape index (κ3) is 4.23. The molecule has 168 valence electrons. The van der Waals surface area contributed by atoms with E-state index in [0.717, 1.165) is 41.7 Å². The summed E-state index contributed by atoms with van der Waals surface area (Å²) in [7, 11) is 0. The lowest BCUT2D eigenvalue weighted by Gasteiger charge is -2.49. The Balaban J connectivity index is 1.50. The van der Waals surface area contributed by atoms with Crippen LogP contribution in [-0.4, -0.2) is 17.2 Å². The van der Waals surface area contributed by atoms with Crippen LogP contribution in [0.2, 0.25) is 0 Å². The highest BCUT2D eigenvalue weighted by Gasteiger charge is 2.48. The zero-order valence-electron chi connectivity index (χ0n) is 19.2. The smallest absolute Gasteiger partial charge is 0.264 e. The Bertz CT molecular complexity index is 1110. The van der Waals surface area contributed by atoms with Crippen molar-refractivity contribution >= 4 is 11.6 Å². The number of carbonyl (C=O) groups excluding carboxylic acids is 1. The highest BCUT2D eigenvalue weighted by atomic mass is 16.2. The molecule has 0 aromatic heterocycles. The van der Waals surface area contributed by atoms with Gasteiger partial charge in [0.2, 0.25) is 0 Å². The number of hydrazone groups is 1. The maximum absolute atomic E-state index is 13.8. The highest BCUT2D eigenvalue weighted by molar-refractivity contribution is 6.13. The van der Waals surface area contributed by atoms with E-state index in [4.69, 9.17) is 0 Å². The molecule has 1 fully saturated rings. The SMILES string of the molecule is C[C@]1(C(=O)NN=C(c2ccccc2)c2ccccc2)NC2(CCCCC2)Cc2ccccc21. The number of nitrogens with zero attached hydrogens (tertiary/aromatic N) is 1. The molecule has 4 heteroatoms. The van der Waals surface area contributed by atoms with Crippen molar-refractivity contribution in [3.63, 3.8) is 0 Å². The van der Waals surface area contributed by atoms with Crippen molar-refractivity contribution in [2.24, 2.45) is 5.10 Å². The molecule has 1 aliphatic carbocycles. The number of amides is 1. The molecule has 0 saturated heterocycles. The van der Waals surface area contributed by atoms with Gasteiger partial charge in [0.15, 0.2) is 0 Å². The van der Waals surface area contributed by atoms with Gasteiger partial charge >= 0.3 is 0 Å². The van der Waals surface area contributed by atoms with Gasteiger partial charge in [0, 0.05) is 16.7 Å². The highest BCUT2D eigenvalue weighted by Crippen LogP contribution is 2.41. The molecule has 2 aliphatic rings. The molecule has 1 heterocycles. The average molecular weight is 438 g/mol. The topological polar surface area (TPSA) is 53.5 Å². The number of benzene rings is 3. The van der Waals surface area contributed by atoms with E-state index >= 15 is 0 Å². The Morgan fingerprint density at radius 1 is 0.818 bits per heavy atom. The fourth-order valence-corrected chi connectivity index (χ4v) is 5.58. The Labute approximate surface area is 196 Å². The molecular formula is C29H31N3O. The first kappa shape index (κ1) is 21.6. The average Bonchev–Trinajstić information content (AvgIpc) is 2.86. The van der Waals surface area contributed by atoms with Crippen molar-refractivity contribution in [2.75, 3.05) is 0 Å². The van der Waals surface area contributed by atoms with E-state index in [-0.39, 0.29) is 11.4 Å². The summed E-state index contributed by atoms with van der Waals surface area (Å²) in [5.41, 5.74) is 7.09. The number of hydrogen-bond acceptors (Lipinski definition) is 3. The van der Waals surface area contributed by atoms with Gasteiger partial charge in [-0.15, -0.1) is 0 Å². The van der Waals surface area contributed by atoms with Crippen molar-refractivity contribution in [1.29, 1.82) is 0 Å². The lowest BCUT2D eigenvalue weighted by atomic mass is 9.69. The standard InChI is InChI=1S/C29H31N3O/c1-28(25-18-10-9-17-24(25)21-29(32-28)19-11-4-12-20-29)27(33)31-30-26(22-13-5-2-6-14-22)23-15-7-3-8-16-23/h2-3,5-10,13-18,32H,4,11-12,19-21H2,1H3,(H,31,33)/t28-/m0/s1. The summed E-state index contributed by atoms with van der Waals surface area (Å²) in [6.45, 7) is 2.01. The molecule has 0 bridgehead atoms. The second kappa shape index (κ2) is 8.95. The normalized spacial score (nSPS) is 21.1. The predicted molar refractivity (Wildman–Crippen MR) is 133 cm³/mol. The number of hydrogen-bond donors (Lipinski definition) is 2. The fraction of sp³-hybridized carbons (Fsp3) is 0.310. The predicted octanol–water partition coefficient (Wildman–Crippen LogP) is 5.32. The second-order valence-corrected chi connectivity index (χ2v) is 9.56. The molecule has 1 spiro atoms. The molecule has 0 unspecified atom stereocenters. The van der Waals surface area contributed by atoms with Gasteiger partial charge < -0.3 is 0 Å². The summed E-state index contributed by atoms with van der Waals surface area (Å²) in [6.07, 6.45) is 6.87. The fourth-order valence-electron chi connectivity index (χ4n) is 5.58. The zero-order valence-corrected chi connectivity index (χ0v) is 19.2. The van der Waals surface area contributed by atoms with Crippen molar-refractivity contribution in [1.82, 2.24) is 10.7 Å². The number of nitrogens with one attached hydrogen (secondary N) is 2. The minimum atomic E-state index is -0.839. The van der Waals surface area contributed by atoms with Gasteiger partial charge in [-0.1, -0.05) is 104 Å². The molecule has 3 aromatic carbocycles. The van der Waals surface area contributed by atoms with Crippen LogP contribution in [0.5, 0.6) is 0 Å². The van der Waals surface area contributed by atoms with Crippen LogP contribution in [0, 0.1) is 0 Å². The Kier molecular flexibility index (Phi) is 5.86. The Morgan fingerprint density at radius 2 is 1.39 bits per heavy atom. The van der Waals surface area contributed by atoms with E-state index < -0.39 is 5.54 Å². The Hall–Kier alpha value is -3.24. The summed E-state index contributed by atoms with van der Waals surface area (Å²) in [5, 5.41) is 8.49. The minimum absolute atomic E-state index is 0.0237. The Morgan fingerprint density at radius 3 is 2.03 bits per heavy atom. The molecule has 1 atom stereocenters. The first-order chi connectivity index (χ1) is 16.1. The molecule has 1 amide bonds. The quantitative estimate of drug-likeness (QED) is 0.429. The van der Waals surface area contributed by atoms with Crippen molar-refractivity contribution in [3.05, 3.63) is 107 Å². The van der Waals surface area contributed by atoms with E-state index in [0.29, 0.717) is 0 Å². The van der Waals surface area contributed by atoms with Crippen LogP contribution < -0.4 is 10.7 Å². The van der Waals surface area contributed by atoms with E-state index in [1.54, 1.807) is 0 Å². The van der Waals surface area contributed by atoms with Crippen LogP contribution >= 0.6 is 0 Å². The van der Waals surface area contributed by atoms with Crippen LogP contribution in [0.15, 0.2) is 90.0 Å². The van der Waals surface area contributed by atoms with Gasteiger partial charge in [-0.25, -0.2) is 5.43 Å². The molecule has 33 heavy (non-hydrogen) atoms. The molecule has 0 radical (unpaired) electrons. The first-order valence-corrected chi connectivity index (χ1v) is 12.0. The molecule has 5 rings (SSSR count). The van der Waals surface area contributed by atoms with E-state index in [9.17, 15) is 4.79 Å². The number of fused-ring (bicyclic) bond motifs is 1. The van der Waals surface area contributed by atoms with Crippen LogP contribution in [0.25, 0.3) is 0 Å². The van der Waals surface area contributed by atoms with E-state index in [2.05, 4.69) is 34.0 Å². The zero-order chi connectivity index (χ0) is 22.7. The first-order valence-electron chi connectivity index (χ1n) is 12.0. The summed E-state index contributed by atoms with van der Waals surface area (Å²) in [6, 6.07) is 28.4. The van der Waals surface area contributed by atoms with Crippen LogP contribution in [0.3, 0.4) is 0 Å². The van der Waals surface area contributed by atoms with Gasteiger partial charge in [-0.05, 0) is 37.3 Å². The van der Waals surface area contributed by atoms with E-state index in [1.807, 2.05) is 73.7 Å². The number of rotatable bonds is 4.